The van der Waals surface area contributed by atoms with Gasteiger partial charge in [0, 0.05) is 0 Å². The first-order valence-electron chi connectivity index (χ1n) is 7.85. The van der Waals surface area contributed by atoms with Crippen molar-refractivity contribution in [2.75, 3.05) is 10.6 Å². The molecule has 6 nitrogen and oxygen atoms in total. The number of rotatable bonds is 5. The zero-order valence-electron chi connectivity index (χ0n) is 14.2. The molecule has 0 saturated carbocycles. The Labute approximate surface area is 154 Å². The standard InChI is InChI=1S/C18H17FN4O2S/c1-11-7-12(2)9-13(8-11)25-10-16-22-23-18(26-16)21-17(24)20-15-6-4-3-5-14(15)19/h3-9H,10H2,1-2H3,(H2,20,21,23,24). The molecule has 0 aliphatic rings. The molecule has 2 amide bonds. The van der Waals surface area contributed by atoms with Crippen LogP contribution in [0.1, 0.15) is 16.1 Å². The molecule has 1 aromatic heterocycles. The zero-order valence-corrected chi connectivity index (χ0v) is 15.1. The molecule has 3 aromatic rings. The van der Waals surface area contributed by atoms with Crippen molar-refractivity contribution >= 4 is 28.2 Å². The van der Waals surface area contributed by atoms with Crippen molar-refractivity contribution in [3.05, 3.63) is 64.4 Å². The molecule has 0 bridgehead atoms. The van der Waals surface area contributed by atoms with Gasteiger partial charge in [0.05, 0.1) is 5.69 Å². The van der Waals surface area contributed by atoms with E-state index in [4.69, 9.17) is 4.74 Å². The van der Waals surface area contributed by atoms with Crippen LogP contribution in [0.4, 0.5) is 20.0 Å². The summed E-state index contributed by atoms with van der Waals surface area (Å²) >= 11 is 1.19. The van der Waals surface area contributed by atoms with Crippen molar-refractivity contribution < 1.29 is 13.9 Å². The van der Waals surface area contributed by atoms with E-state index in [9.17, 15) is 9.18 Å². The molecule has 2 N–H and O–H groups in total. The Kier molecular flexibility index (Phi) is 5.43. The molecular formula is C18H17FN4O2S. The minimum absolute atomic E-state index is 0.0906. The van der Waals surface area contributed by atoms with Crippen LogP contribution in [0.15, 0.2) is 42.5 Å². The highest BCUT2D eigenvalue weighted by molar-refractivity contribution is 7.15. The Morgan fingerprint density at radius 3 is 2.58 bits per heavy atom. The third kappa shape index (κ3) is 4.76. The summed E-state index contributed by atoms with van der Waals surface area (Å²) in [7, 11) is 0. The van der Waals surface area contributed by atoms with E-state index in [1.54, 1.807) is 12.1 Å². The van der Waals surface area contributed by atoms with Crippen molar-refractivity contribution in [1.29, 1.82) is 0 Å². The summed E-state index contributed by atoms with van der Waals surface area (Å²) in [4.78, 5) is 11.9. The van der Waals surface area contributed by atoms with Gasteiger partial charge in [0.25, 0.3) is 0 Å². The second-order valence-electron chi connectivity index (χ2n) is 5.67. The van der Waals surface area contributed by atoms with E-state index < -0.39 is 11.8 Å². The minimum Gasteiger partial charge on any atom is -0.486 e. The number of benzene rings is 2. The highest BCUT2D eigenvalue weighted by Gasteiger charge is 2.10. The second kappa shape index (κ2) is 7.92. The SMILES string of the molecule is Cc1cc(C)cc(OCc2nnc(NC(=O)Nc3ccccc3F)s2)c1. The number of aryl methyl sites for hydroxylation is 2. The van der Waals surface area contributed by atoms with Gasteiger partial charge in [-0.05, 0) is 49.2 Å². The Bertz CT molecular complexity index is 909. The van der Waals surface area contributed by atoms with Gasteiger partial charge in [0.15, 0.2) is 5.01 Å². The smallest absolute Gasteiger partial charge is 0.325 e. The first-order valence-corrected chi connectivity index (χ1v) is 8.67. The van der Waals surface area contributed by atoms with Crippen LogP contribution in [-0.2, 0) is 6.61 Å². The molecule has 8 heteroatoms. The average Bonchev–Trinajstić information content (AvgIpc) is 3.01. The molecule has 0 saturated heterocycles. The molecule has 0 radical (unpaired) electrons. The summed E-state index contributed by atoms with van der Waals surface area (Å²) in [6.07, 6.45) is 0. The Morgan fingerprint density at radius 2 is 1.85 bits per heavy atom. The molecule has 26 heavy (non-hydrogen) atoms. The van der Waals surface area contributed by atoms with Crippen LogP contribution in [0.2, 0.25) is 0 Å². The first kappa shape index (κ1) is 17.8. The maximum absolute atomic E-state index is 13.5. The summed E-state index contributed by atoms with van der Waals surface area (Å²) in [5.74, 6) is 0.243. The lowest BCUT2D eigenvalue weighted by atomic mass is 10.1. The van der Waals surface area contributed by atoms with Crippen molar-refractivity contribution in [3.8, 4) is 5.75 Å². The predicted octanol–water partition coefficient (Wildman–Crippen LogP) is 4.52. The Balaban J connectivity index is 1.56. The molecule has 0 aliphatic carbocycles. The molecule has 3 rings (SSSR count). The van der Waals surface area contributed by atoms with Gasteiger partial charge in [-0.3, -0.25) is 5.32 Å². The maximum atomic E-state index is 13.5. The normalized spacial score (nSPS) is 10.4. The highest BCUT2D eigenvalue weighted by atomic mass is 32.1. The third-order valence-corrected chi connectivity index (χ3v) is 4.18. The molecule has 0 spiro atoms. The number of aromatic nitrogens is 2. The number of hydrogen-bond donors (Lipinski definition) is 2. The van der Waals surface area contributed by atoms with Crippen LogP contribution in [0.25, 0.3) is 0 Å². The summed E-state index contributed by atoms with van der Waals surface area (Å²) in [6, 6.07) is 11.3. The second-order valence-corrected chi connectivity index (χ2v) is 6.73. The van der Waals surface area contributed by atoms with Crippen LogP contribution >= 0.6 is 11.3 Å². The van der Waals surface area contributed by atoms with Crippen LogP contribution in [0.5, 0.6) is 5.75 Å². The van der Waals surface area contributed by atoms with Crippen LogP contribution in [-0.4, -0.2) is 16.2 Å². The quantitative estimate of drug-likeness (QED) is 0.690. The summed E-state index contributed by atoms with van der Waals surface area (Å²) in [5.41, 5.74) is 2.32. The Hall–Kier alpha value is -3.00. The topological polar surface area (TPSA) is 76.1 Å². The molecule has 2 aromatic carbocycles. The van der Waals surface area contributed by atoms with Gasteiger partial charge in [-0.25, -0.2) is 9.18 Å². The number of carbonyl (C=O) groups excluding carboxylic acids is 1. The van der Waals surface area contributed by atoms with Gasteiger partial charge in [0.2, 0.25) is 5.13 Å². The molecule has 134 valence electrons. The van der Waals surface area contributed by atoms with Gasteiger partial charge in [-0.2, -0.15) is 0 Å². The molecule has 1 heterocycles. The number of carbonyl (C=O) groups is 1. The number of ether oxygens (including phenoxy) is 1. The fourth-order valence-electron chi connectivity index (χ4n) is 2.34. The van der Waals surface area contributed by atoms with Crippen molar-refractivity contribution in [2.24, 2.45) is 0 Å². The largest absolute Gasteiger partial charge is 0.486 e. The molecule has 0 fully saturated rings. The molecule has 0 atom stereocenters. The lowest BCUT2D eigenvalue weighted by Gasteiger charge is -2.06. The lowest BCUT2D eigenvalue weighted by Crippen LogP contribution is -2.19. The molecular weight excluding hydrogens is 355 g/mol. The summed E-state index contributed by atoms with van der Waals surface area (Å²) in [5, 5.41) is 13.7. The van der Waals surface area contributed by atoms with Crippen molar-refractivity contribution in [3.63, 3.8) is 0 Å². The number of halogens is 1. The van der Waals surface area contributed by atoms with Crippen LogP contribution in [0.3, 0.4) is 0 Å². The van der Waals surface area contributed by atoms with E-state index in [1.165, 1.54) is 23.5 Å². The minimum atomic E-state index is -0.590. The fourth-order valence-corrected chi connectivity index (χ4v) is 2.99. The van der Waals surface area contributed by atoms with Crippen LogP contribution < -0.4 is 15.4 Å². The Morgan fingerprint density at radius 1 is 1.12 bits per heavy atom. The number of amides is 2. The predicted molar refractivity (Wildman–Crippen MR) is 99.2 cm³/mol. The highest BCUT2D eigenvalue weighted by Crippen LogP contribution is 2.21. The summed E-state index contributed by atoms with van der Waals surface area (Å²) < 4.78 is 19.2. The first-order chi connectivity index (χ1) is 12.5. The van der Waals surface area contributed by atoms with E-state index in [0.29, 0.717) is 10.1 Å². The maximum Gasteiger partial charge on any atom is 0.325 e. The van der Waals surface area contributed by atoms with E-state index in [2.05, 4.69) is 26.9 Å². The van der Waals surface area contributed by atoms with Gasteiger partial charge in [-0.15, -0.1) is 10.2 Å². The molecule has 0 unspecified atom stereocenters. The monoisotopic (exact) mass is 372 g/mol. The van der Waals surface area contributed by atoms with Gasteiger partial charge >= 0.3 is 6.03 Å². The number of nitrogens with one attached hydrogen (secondary N) is 2. The number of nitrogens with zero attached hydrogens (tertiary/aromatic N) is 2. The van der Waals surface area contributed by atoms with E-state index in [0.717, 1.165) is 16.9 Å². The van der Waals surface area contributed by atoms with E-state index >= 15 is 0 Å². The number of hydrogen-bond acceptors (Lipinski definition) is 5. The number of urea groups is 1. The average molecular weight is 372 g/mol. The van der Waals surface area contributed by atoms with E-state index in [-0.39, 0.29) is 12.3 Å². The lowest BCUT2D eigenvalue weighted by molar-refractivity contribution is 0.262. The fraction of sp³-hybridized carbons (Fsp3) is 0.167. The van der Waals surface area contributed by atoms with Gasteiger partial charge < -0.3 is 10.1 Å². The number of para-hydroxylation sites is 1. The van der Waals surface area contributed by atoms with Crippen molar-refractivity contribution in [1.82, 2.24) is 10.2 Å². The van der Waals surface area contributed by atoms with Gasteiger partial charge in [0.1, 0.15) is 18.2 Å². The van der Waals surface area contributed by atoms with Crippen LogP contribution in [0, 0.1) is 19.7 Å². The number of anilines is 2. The van der Waals surface area contributed by atoms with E-state index in [1.807, 2.05) is 26.0 Å². The zero-order chi connectivity index (χ0) is 18.5. The molecule has 0 aliphatic heterocycles. The van der Waals surface area contributed by atoms with Gasteiger partial charge in [-0.1, -0.05) is 29.5 Å². The summed E-state index contributed by atoms with van der Waals surface area (Å²) in [6.45, 7) is 4.25. The van der Waals surface area contributed by atoms with Crippen molar-refractivity contribution in [2.45, 2.75) is 20.5 Å². The third-order valence-electron chi connectivity index (χ3n) is 3.37.